The molecule has 0 spiro atoms. The summed E-state index contributed by atoms with van der Waals surface area (Å²) in [7, 11) is 0. The maximum Gasteiger partial charge on any atom is 0.280 e. The normalized spacial score (nSPS) is 15.4. The molecule has 2 aromatic rings. The van der Waals surface area contributed by atoms with Crippen molar-refractivity contribution >= 4 is 5.91 Å². The highest BCUT2D eigenvalue weighted by molar-refractivity contribution is 5.75. The molecule has 0 aliphatic carbocycles. The molecule has 0 unspecified atom stereocenters. The molecule has 1 amide bonds. The van der Waals surface area contributed by atoms with E-state index in [9.17, 15) is 4.79 Å². The summed E-state index contributed by atoms with van der Waals surface area (Å²) in [6.45, 7) is 9.15. The second-order valence-electron chi connectivity index (χ2n) is 5.77. The van der Waals surface area contributed by atoms with Crippen molar-refractivity contribution in [1.82, 2.24) is 34.9 Å². The Kier molecular flexibility index (Phi) is 5.71. The zero-order chi connectivity index (χ0) is 17.6. The van der Waals surface area contributed by atoms with Crippen molar-refractivity contribution in [1.29, 1.82) is 0 Å². The summed E-state index contributed by atoms with van der Waals surface area (Å²) in [5.41, 5.74) is 0.466. The monoisotopic (exact) mass is 349 g/mol. The molecule has 2 aromatic heterocycles. The molecule has 10 nitrogen and oxygen atoms in total. The van der Waals surface area contributed by atoms with Gasteiger partial charge in [-0.2, -0.15) is 4.98 Å². The number of carbonyl (C=O) groups excluding carboxylic acids is 1. The van der Waals surface area contributed by atoms with Crippen molar-refractivity contribution in [3.05, 3.63) is 12.0 Å². The van der Waals surface area contributed by atoms with Gasteiger partial charge in [0, 0.05) is 26.2 Å². The number of hydrogen-bond acceptors (Lipinski definition) is 8. The van der Waals surface area contributed by atoms with Crippen LogP contribution in [0.5, 0.6) is 0 Å². The highest BCUT2D eigenvalue weighted by Gasteiger charge is 2.18. The zero-order valence-electron chi connectivity index (χ0n) is 14.6. The van der Waals surface area contributed by atoms with Gasteiger partial charge < -0.3 is 14.2 Å². The van der Waals surface area contributed by atoms with Crippen molar-refractivity contribution in [3.63, 3.8) is 0 Å². The minimum absolute atomic E-state index is 0.0000134. The number of hydrogen-bond donors (Lipinski definition) is 0. The van der Waals surface area contributed by atoms with E-state index in [4.69, 9.17) is 9.26 Å². The Morgan fingerprint density at radius 1 is 1.28 bits per heavy atom. The Hall–Kier alpha value is -2.33. The molecule has 3 heterocycles. The van der Waals surface area contributed by atoms with Gasteiger partial charge in [-0.3, -0.25) is 9.69 Å². The summed E-state index contributed by atoms with van der Waals surface area (Å²) in [6, 6.07) is 0. The lowest BCUT2D eigenvalue weighted by Crippen LogP contribution is -2.35. The van der Waals surface area contributed by atoms with Gasteiger partial charge in [0.2, 0.25) is 5.91 Å². The van der Waals surface area contributed by atoms with Crippen molar-refractivity contribution in [2.24, 2.45) is 0 Å². The van der Waals surface area contributed by atoms with Crippen LogP contribution in [0.4, 0.5) is 0 Å². The molecule has 10 heteroatoms. The van der Waals surface area contributed by atoms with Crippen LogP contribution in [0.2, 0.25) is 0 Å². The van der Waals surface area contributed by atoms with Crippen molar-refractivity contribution in [3.8, 4) is 11.6 Å². The van der Waals surface area contributed by atoms with Gasteiger partial charge in [0.1, 0.15) is 6.54 Å². The van der Waals surface area contributed by atoms with Crippen molar-refractivity contribution in [2.45, 2.75) is 26.9 Å². The number of morpholine rings is 1. The molecule has 0 bridgehead atoms. The smallest absolute Gasteiger partial charge is 0.280 e. The fourth-order valence-corrected chi connectivity index (χ4v) is 2.67. The SMILES string of the molecule is CCN(CC)C(=O)Cn1cc(-c2nc(CN3CCOCC3)no2)nn1. The minimum atomic E-state index is -0.0000134. The van der Waals surface area contributed by atoms with Gasteiger partial charge in [-0.05, 0) is 13.8 Å². The van der Waals surface area contributed by atoms with Crippen LogP contribution in [-0.4, -0.2) is 80.2 Å². The summed E-state index contributed by atoms with van der Waals surface area (Å²) in [5, 5.41) is 12.0. The molecule has 0 radical (unpaired) electrons. The zero-order valence-corrected chi connectivity index (χ0v) is 14.6. The first-order valence-corrected chi connectivity index (χ1v) is 8.50. The maximum absolute atomic E-state index is 12.1. The topological polar surface area (TPSA) is 102 Å². The highest BCUT2D eigenvalue weighted by Crippen LogP contribution is 2.14. The number of carbonyl (C=O) groups is 1. The van der Waals surface area contributed by atoms with E-state index < -0.39 is 0 Å². The Balaban J connectivity index is 1.61. The quantitative estimate of drug-likeness (QED) is 0.690. The molecule has 3 rings (SSSR count). The van der Waals surface area contributed by atoms with E-state index in [1.54, 1.807) is 11.1 Å². The average molecular weight is 349 g/mol. The van der Waals surface area contributed by atoms with Crippen LogP contribution in [0.3, 0.4) is 0 Å². The average Bonchev–Trinajstić information content (AvgIpc) is 3.26. The van der Waals surface area contributed by atoms with Gasteiger partial charge >= 0.3 is 0 Å². The first-order chi connectivity index (χ1) is 12.2. The molecule has 0 N–H and O–H groups in total. The van der Waals surface area contributed by atoms with E-state index in [1.165, 1.54) is 4.68 Å². The van der Waals surface area contributed by atoms with Crippen molar-refractivity contribution < 1.29 is 14.1 Å². The number of nitrogens with zero attached hydrogens (tertiary/aromatic N) is 7. The van der Waals surface area contributed by atoms with Crippen LogP contribution in [0, 0.1) is 0 Å². The third-order valence-corrected chi connectivity index (χ3v) is 4.11. The number of likely N-dealkylation sites (N-methyl/N-ethyl adjacent to an activating group) is 1. The van der Waals surface area contributed by atoms with Gasteiger partial charge in [0.15, 0.2) is 11.5 Å². The third kappa shape index (κ3) is 4.40. The van der Waals surface area contributed by atoms with Gasteiger partial charge in [-0.25, -0.2) is 4.68 Å². The fourth-order valence-electron chi connectivity index (χ4n) is 2.67. The first-order valence-electron chi connectivity index (χ1n) is 8.50. The van der Waals surface area contributed by atoms with E-state index in [1.807, 2.05) is 13.8 Å². The fraction of sp³-hybridized carbons (Fsp3) is 0.667. The van der Waals surface area contributed by atoms with E-state index in [0.29, 0.717) is 37.0 Å². The van der Waals surface area contributed by atoms with Crippen LogP contribution >= 0.6 is 0 Å². The number of amides is 1. The maximum atomic E-state index is 12.1. The number of rotatable bonds is 7. The van der Waals surface area contributed by atoms with E-state index in [-0.39, 0.29) is 12.5 Å². The molecule has 0 atom stereocenters. The Bertz CT molecular complexity index is 689. The lowest BCUT2D eigenvalue weighted by Gasteiger charge is -2.24. The largest absolute Gasteiger partial charge is 0.379 e. The molecule has 25 heavy (non-hydrogen) atoms. The predicted molar refractivity (Wildman–Crippen MR) is 87.3 cm³/mol. The van der Waals surface area contributed by atoms with E-state index >= 15 is 0 Å². The highest BCUT2D eigenvalue weighted by atomic mass is 16.5. The Labute approximate surface area is 145 Å². The molecule has 0 aromatic carbocycles. The van der Waals surface area contributed by atoms with Gasteiger partial charge in [-0.15, -0.1) is 5.10 Å². The van der Waals surface area contributed by atoms with E-state index in [2.05, 4.69) is 25.4 Å². The summed E-state index contributed by atoms with van der Waals surface area (Å²) in [5.74, 6) is 0.912. The molecular weight excluding hydrogens is 326 g/mol. The molecular formula is C15H23N7O3. The summed E-state index contributed by atoms with van der Waals surface area (Å²) in [4.78, 5) is 20.4. The number of aromatic nitrogens is 5. The second-order valence-corrected chi connectivity index (χ2v) is 5.77. The van der Waals surface area contributed by atoms with E-state index in [0.717, 1.165) is 26.3 Å². The second kappa shape index (κ2) is 8.17. The van der Waals surface area contributed by atoms with Crippen LogP contribution in [-0.2, 0) is 22.6 Å². The van der Waals surface area contributed by atoms with Crippen molar-refractivity contribution in [2.75, 3.05) is 39.4 Å². The Morgan fingerprint density at radius 3 is 2.76 bits per heavy atom. The van der Waals surface area contributed by atoms with Crippen LogP contribution in [0.1, 0.15) is 19.7 Å². The summed E-state index contributed by atoms with van der Waals surface area (Å²) in [6.07, 6.45) is 1.65. The Morgan fingerprint density at radius 2 is 2.04 bits per heavy atom. The lowest BCUT2D eigenvalue weighted by molar-refractivity contribution is -0.131. The molecule has 1 saturated heterocycles. The summed E-state index contributed by atoms with van der Waals surface area (Å²) < 4.78 is 12.1. The van der Waals surface area contributed by atoms with Crippen LogP contribution < -0.4 is 0 Å². The first kappa shape index (κ1) is 17.5. The van der Waals surface area contributed by atoms with Crippen LogP contribution in [0.15, 0.2) is 10.7 Å². The molecule has 1 aliphatic heterocycles. The molecule has 1 fully saturated rings. The standard InChI is InChI=1S/C15H23N7O3/c1-3-21(4-2)14(23)11-22-9-12(17-19-22)15-16-13(18-25-15)10-20-5-7-24-8-6-20/h9H,3-8,10-11H2,1-2H3. The molecule has 1 aliphatic rings. The third-order valence-electron chi connectivity index (χ3n) is 4.11. The van der Waals surface area contributed by atoms with Gasteiger partial charge in [-0.1, -0.05) is 10.4 Å². The van der Waals surface area contributed by atoms with Gasteiger partial charge in [0.05, 0.1) is 26.0 Å². The molecule has 0 saturated carbocycles. The summed E-state index contributed by atoms with van der Waals surface area (Å²) >= 11 is 0. The number of ether oxygens (including phenoxy) is 1. The minimum Gasteiger partial charge on any atom is -0.379 e. The van der Waals surface area contributed by atoms with Crippen LogP contribution in [0.25, 0.3) is 11.6 Å². The lowest BCUT2D eigenvalue weighted by atomic mass is 10.4. The van der Waals surface area contributed by atoms with Gasteiger partial charge in [0.25, 0.3) is 5.89 Å². The molecule has 136 valence electrons. The predicted octanol–water partition coefficient (Wildman–Crippen LogP) is 0.0287.